The van der Waals surface area contributed by atoms with Crippen molar-refractivity contribution in [3.8, 4) is 0 Å². The molecule has 0 saturated heterocycles. The van der Waals surface area contributed by atoms with Crippen molar-refractivity contribution in [2.75, 3.05) is 12.3 Å². The lowest BCUT2D eigenvalue weighted by Gasteiger charge is -2.21. The molecule has 0 fully saturated rings. The van der Waals surface area contributed by atoms with Gasteiger partial charge in [0.05, 0.1) is 11.4 Å². The molecule has 0 saturated carbocycles. The van der Waals surface area contributed by atoms with Crippen LogP contribution in [0, 0.1) is 5.41 Å². The van der Waals surface area contributed by atoms with E-state index in [0.717, 1.165) is 0 Å². The number of hydrogen-bond acceptors (Lipinski definition) is 3. The molecule has 0 radical (unpaired) electrons. The van der Waals surface area contributed by atoms with Crippen molar-refractivity contribution in [2.24, 2.45) is 5.41 Å². The van der Waals surface area contributed by atoms with Gasteiger partial charge >= 0.3 is 0 Å². The van der Waals surface area contributed by atoms with E-state index in [2.05, 4.69) is 4.72 Å². The summed E-state index contributed by atoms with van der Waals surface area (Å²) >= 11 is 0. The highest BCUT2D eigenvalue weighted by molar-refractivity contribution is 7.89. The highest BCUT2D eigenvalue weighted by atomic mass is 32.2. The molecule has 86 valence electrons. The molecule has 0 unspecified atom stereocenters. The van der Waals surface area contributed by atoms with E-state index in [9.17, 15) is 13.5 Å². The fourth-order valence-electron chi connectivity index (χ4n) is 0.908. The average Bonchev–Trinajstić information content (AvgIpc) is 1.76. The first kappa shape index (κ1) is 13.9. The predicted octanol–water partition coefficient (Wildman–Crippen LogP) is 0.723. The Morgan fingerprint density at radius 3 is 1.86 bits per heavy atom. The van der Waals surface area contributed by atoms with Crippen molar-refractivity contribution in [1.82, 2.24) is 4.72 Å². The van der Waals surface area contributed by atoms with Crippen LogP contribution in [0.4, 0.5) is 0 Å². The van der Waals surface area contributed by atoms with Gasteiger partial charge in [-0.1, -0.05) is 20.8 Å². The minimum absolute atomic E-state index is 0.0470. The van der Waals surface area contributed by atoms with E-state index in [0.29, 0.717) is 0 Å². The monoisotopic (exact) mass is 223 g/mol. The van der Waals surface area contributed by atoms with Crippen molar-refractivity contribution in [2.45, 2.75) is 40.2 Å². The van der Waals surface area contributed by atoms with Crippen molar-refractivity contribution in [1.29, 1.82) is 0 Å². The molecule has 2 N–H and O–H groups in total. The number of rotatable bonds is 4. The van der Waals surface area contributed by atoms with Crippen LogP contribution < -0.4 is 4.72 Å². The van der Waals surface area contributed by atoms with E-state index < -0.39 is 15.6 Å². The van der Waals surface area contributed by atoms with Gasteiger partial charge in [0, 0.05) is 6.54 Å². The molecule has 0 aliphatic carbocycles. The molecular formula is C9H21NO3S. The fraction of sp³-hybridized carbons (Fsp3) is 1.00. The average molecular weight is 223 g/mol. The molecule has 0 aliphatic heterocycles. The largest absolute Gasteiger partial charge is 0.389 e. The zero-order valence-corrected chi connectivity index (χ0v) is 10.4. The van der Waals surface area contributed by atoms with Crippen molar-refractivity contribution in [3.63, 3.8) is 0 Å². The third-order valence-corrected chi connectivity index (χ3v) is 3.18. The first-order valence-corrected chi connectivity index (χ1v) is 6.26. The van der Waals surface area contributed by atoms with E-state index in [-0.39, 0.29) is 17.7 Å². The Morgan fingerprint density at radius 2 is 1.57 bits per heavy atom. The second-order valence-electron chi connectivity index (χ2n) is 5.45. The number of aliphatic hydroxyl groups is 1. The zero-order chi connectivity index (χ0) is 11.6. The molecule has 0 rings (SSSR count). The Hall–Kier alpha value is -0.130. The van der Waals surface area contributed by atoms with Crippen molar-refractivity contribution in [3.05, 3.63) is 0 Å². The maximum Gasteiger partial charge on any atom is 0.212 e. The number of hydrogen-bond donors (Lipinski definition) is 2. The molecule has 0 aromatic rings. The summed E-state index contributed by atoms with van der Waals surface area (Å²) in [4.78, 5) is 0. The zero-order valence-electron chi connectivity index (χ0n) is 9.59. The summed E-state index contributed by atoms with van der Waals surface area (Å²) in [6.45, 7) is 8.74. The van der Waals surface area contributed by atoms with E-state index >= 15 is 0 Å². The molecule has 0 aromatic heterocycles. The lowest BCUT2D eigenvalue weighted by atomic mass is 10.0. The van der Waals surface area contributed by atoms with Gasteiger partial charge in [-0.05, 0) is 19.3 Å². The summed E-state index contributed by atoms with van der Waals surface area (Å²) in [6.07, 6.45) is 0. The van der Waals surface area contributed by atoms with Crippen LogP contribution in [0.3, 0.4) is 0 Å². The molecule has 0 amide bonds. The van der Waals surface area contributed by atoms with Gasteiger partial charge in [0.2, 0.25) is 10.0 Å². The molecule has 14 heavy (non-hydrogen) atoms. The summed E-state index contributed by atoms with van der Waals surface area (Å²) in [5, 5.41) is 9.35. The maximum absolute atomic E-state index is 11.5. The molecule has 5 heteroatoms. The van der Waals surface area contributed by atoms with Crippen LogP contribution in [0.1, 0.15) is 34.6 Å². The Kier molecular flexibility index (Phi) is 4.12. The third kappa shape index (κ3) is 8.47. The summed E-state index contributed by atoms with van der Waals surface area (Å²) in [6, 6.07) is 0. The molecule has 0 aliphatic rings. The smallest absolute Gasteiger partial charge is 0.212 e. The highest BCUT2D eigenvalue weighted by Gasteiger charge is 2.23. The molecule has 0 aromatic carbocycles. The second kappa shape index (κ2) is 4.16. The molecule has 4 nitrogen and oxygen atoms in total. The summed E-state index contributed by atoms with van der Waals surface area (Å²) in [5.74, 6) is 0.0656. The first-order valence-electron chi connectivity index (χ1n) is 4.61. The van der Waals surface area contributed by atoms with Crippen LogP contribution >= 0.6 is 0 Å². The summed E-state index contributed by atoms with van der Waals surface area (Å²) in [5.41, 5.74) is -1.28. The van der Waals surface area contributed by atoms with Crippen LogP contribution in [0.5, 0.6) is 0 Å². The van der Waals surface area contributed by atoms with Crippen molar-refractivity contribution < 1.29 is 13.5 Å². The topological polar surface area (TPSA) is 66.4 Å². The van der Waals surface area contributed by atoms with E-state index in [1.54, 1.807) is 13.8 Å². The first-order chi connectivity index (χ1) is 5.91. The Bertz CT molecular complexity index is 269. The van der Waals surface area contributed by atoms with Gasteiger partial charge in [-0.25, -0.2) is 13.1 Å². The van der Waals surface area contributed by atoms with Gasteiger partial charge in [-0.15, -0.1) is 0 Å². The lowest BCUT2D eigenvalue weighted by molar-refractivity contribution is 0.0856. The van der Waals surface area contributed by atoms with Crippen LogP contribution in [-0.2, 0) is 10.0 Å². The Balaban J connectivity index is 4.25. The Morgan fingerprint density at radius 1 is 1.14 bits per heavy atom. The van der Waals surface area contributed by atoms with E-state index in [1.807, 2.05) is 20.8 Å². The highest BCUT2D eigenvalue weighted by Crippen LogP contribution is 2.15. The minimum Gasteiger partial charge on any atom is -0.389 e. The van der Waals surface area contributed by atoms with Crippen LogP contribution in [0.25, 0.3) is 0 Å². The molecular weight excluding hydrogens is 202 g/mol. The number of sulfonamides is 1. The molecule has 0 heterocycles. The van der Waals surface area contributed by atoms with E-state index in [4.69, 9.17) is 0 Å². The van der Waals surface area contributed by atoms with E-state index in [1.165, 1.54) is 0 Å². The van der Waals surface area contributed by atoms with Gasteiger partial charge in [-0.2, -0.15) is 0 Å². The SMILES string of the molecule is CC(C)(C)CS(=O)(=O)NCC(C)(C)O. The quantitative estimate of drug-likeness (QED) is 0.738. The fourth-order valence-corrected chi connectivity index (χ4v) is 2.72. The van der Waals surface area contributed by atoms with Crippen LogP contribution in [0.15, 0.2) is 0 Å². The van der Waals surface area contributed by atoms with Crippen molar-refractivity contribution >= 4 is 10.0 Å². The Labute approximate surface area is 86.8 Å². The maximum atomic E-state index is 11.5. The predicted molar refractivity (Wildman–Crippen MR) is 57.5 cm³/mol. The minimum atomic E-state index is -3.28. The molecule has 0 atom stereocenters. The normalized spacial score (nSPS) is 14.4. The van der Waals surface area contributed by atoms with Gasteiger partial charge in [0.25, 0.3) is 0 Å². The van der Waals surface area contributed by atoms with Gasteiger partial charge in [-0.3, -0.25) is 0 Å². The van der Waals surface area contributed by atoms with Crippen LogP contribution in [0.2, 0.25) is 0 Å². The standard InChI is InChI=1S/C9H21NO3S/c1-8(2,3)7-14(12,13)10-6-9(4,5)11/h10-11H,6-7H2,1-5H3. The molecule has 0 bridgehead atoms. The second-order valence-corrected chi connectivity index (χ2v) is 7.26. The summed E-state index contributed by atoms with van der Waals surface area (Å²) in [7, 11) is -3.28. The molecule has 0 spiro atoms. The van der Waals surface area contributed by atoms with Gasteiger partial charge in [0.1, 0.15) is 0 Å². The van der Waals surface area contributed by atoms with Crippen LogP contribution in [-0.4, -0.2) is 31.4 Å². The van der Waals surface area contributed by atoms with Gasteiger partial charge in [0.15, 0.2) is 0 Å². The number of nitrogens with one attached hydrogen (secondary N) is 1. The summed E-state index contributed by atoms with van der Waals surface area (Å²) < 4.78 is 25.3. The lowest BCUT2D eigenvalue weighted by Crippen LogP contribution is -2.41. The third-order valence-electron chi connectivity index (χ3n) is 1.35. The van der Waals surface area contributed by atoms with Gasteiger partial charge < -0.3 is 5.11 Å².